The number of thiophene rings is 1. The molecule has 0 saturated carbocycles. The molecule has 0 saturated heterocycles. The minimum Gasteiger partial charge on any atom is -0.497 e. The standard InChI is InChI=1S/C16H11BrN2O4S/c1-22-9-2-3-10-11(6-9)23-15(17)12-13(16(20)21)18-19(14(10)12)8-4-5-24-7-8/h2-7,15H,1H3,(H,20,21). The highest BCUT2D eigenvalue weighted by Crippen LogP contribution is 2.48. The average Bonchev–Trinajstić information content (AvgIpc) is 3.21. The third-order valence-electron chi connectivity index (χ3n) is 3.78. The van der Waals surface area contributed by atoms with Crippen LogP contribution >= 0.6 is 27.3 Å². The number of rotatable bonds is 3. The summed E-state index contributed by atoms with van der Waals surface area (Å²) in [4.78, 5) is 11.6. The second kappa shape index (κ2) is 5.64. The molecule has 0 spiro atoms. The summed E-state index contributed by atoms with van der Waals surface area (Å²) in [6.45, 7) is 0. The van der Waals surface area contributed by atoms with Crippen molar-refractivity contribution in [2.75, 3.05) is 7.11 Å². The van der Waals surface area contributed by atoms with Gasteiger partial charge in [0.15, 0.2) is 10.7 Å². The van der Waals surface area contributed by atoms with E-state index in [-0.39, 0.29) is 5.69 Å². The SMILES string of the molecule is COc1ccc2c(c1)OC(Br)c1c(C(=O)O)nn(-c3ccsc3)c1-2. The molecule has 1 N–H and O–H groups in total. The summed E-state index contributed by atoms with van der Waals surface area (Å²) in [7, 11) is 1.58. The highest BCUT2D eigenvalue weighted by Gasteiger charge is 2.35. The Morgan fingerprint density at radius 2 is 2.29 bits per heavy atom. The molecule has 4 rings (SSSR count). The van der Waals surface area contributed by atoms with Gasteiger partial charge in [-0.3, -0.25) is 0 Å². The number of benzene rings is 1. The van der Waals surface area contributed by atoms with Gasteiger partial charge in [0.05, 0.1) is 24.1 Å². The number of fused-ring (bicyclic) bond motifs is 3. The van der Waals surface area contributed by atoms with Gasteiger partial charge in [-0.1, -0.05) is 0 Å². The molecule has 0 radical (unpaired) electrons. The number of halogens is 1. The lowest BCUT2D eigenvalue weighted by Crippen LogP contribution is -2.12. The Hall–Kier alpha value is -2.32. The largest absolute Gasteiger partial charge is 0.497 e. The number of carbonyl (C=O) groups is 1. The van der Waals surface area contributed by atoms with E-state index in [2.05, 4.69) is 21.0 Å². The first-order valence-electron chi connectivity index (χ1n) is 6.98. The summed E-state index contributed by atoms with van der Waals surface area (Å²) in [5.41, 5.74) is 2.77. The van der Waals surface area contributed by atoms with Crippen molar-refractivity contribution in [1.29, 1.82) is 0 Å². The molecule has 0 fully saturated rings. The Balaban J connectivity index is 2.03. The van der Waals surface area contributed by atoms with Crippen LogP contribution in [0.2, 0.25) is 0 Å². The van der Waals surface area contributed by atoms with E-state index in [9.17, 15) is 9.90 Å². The summed E-state index contributed by atoms with van der Waals surface area (Å²) in [6.07, 6.45) is 0. The van der Waals surface area contributed by atoms with Gasteiger partial charge in [0, 0.05) is 17.0 Å². The van der Waals surface area contributed by atoms with Gasteiger partial charge in [0.25, 0.3) is 0 Å². The van der Waals surface area contributed by atoms with Gasteiger partial charge in [0.1, 0.15) is 11.5 Å². The lowest BCUT2D eigenvalue weighted by molar-refractivity contribution is 0.0687. The maximum absolute atomic E-state index is 11.6. The fourth-order valence-electron chi connectivity index (χ4n) is 2.72. The Labute approximate surface area is 149 Å². The first kappa shape index (κ1) is 15.2. The fourth-order valence-corrected chi connectivity index (χ4v) is 3.97. The highest BCUT2D eigenvalue weighted by atomic mass is 79.9. The van der Waals surface area contributed by atoms with E-state index in [0.29, 0.717) is 22.8 Å². The Bertz CT molecular complexity index is 936. The molecule has 6 nitrogen and oxygen atoms in total. The van der Waals surface area contributed by atoms with Crippen LogP contribution in [0.25, 0.3) is 16.9 Å². The van der Waals surface area contributed by atoms with Crippen LogP contribution in [0.1, 0.15) is 21.1 Å². The summed E-state index contributed by atoms with van der Waals surface area (Å²) in [6, 6.07) is 7.33. The summed E-state index contributed by atoms with van der Waals surface area (Å²) < 4.78 is 12.7. The molecule has 0 amide bonds. The molecule has 3 heterocycles. The first-order valence-corrected chi connectivity index (χ1v) is 8.84. The van der Waals surface area contributed by atoms with Crippen LogP contribution in [-0.2, 0) is 0 Å². The second-order valence-electron chi connectivity index (χ2n) is 5.11. The van der Waals surface area contributed by atoms with Crippen LogP contribution in [-0.4, -0.2) is 28.0 Å². The first-order chi connectivity index (χ1) is 11.6. The van der Waals surface area contributed by atoms with Gasteiger partial charge in [0.2, 0.25) is 0 Å². The monoisotopic (exact) mass is 406 g/mol. The molecule has 8 heteroatoms. The predicted molar refractivity (Wildman–Crippen MR) is 92.7 cm³/mol. The van der Waals surface area contributed by atoms with Gasteiger partial charge in [-0.25, -0.2) is 9.48 Å². The van der Waals surface area contributed by atoms with Crippen molar-refractivity contribution in [2.45, 2.75) is 5.01 Å². The Kier molecular flexibility index (Phi) is 3.58. The minimum atomic E-state index is -1.09. The van der Waals surface area contributed by atoms with Gasteiger partial charge in [-0.05, 0) is 39.5 Å². The van der Waals surface area contributed by atoms with Crippen molar-refractivity contribution < 1.29 is 19.4 Å². The third kappa shape index (κ3) is 2.22. The number of aromatic nitrogens is 2. The normalized spacial score (nSPS) is 15.3. The van der Waals surface area contributed by atoms with E-state index >= 15 is 0 Å². The number of nitrogens with zero attached hydrogens (tertiary/aromatic N) is 2. The number of carboxylic acids is 1. The van der Waals surface area contributed by atoms with Crippen LogP contribution in [0.15, 0.2) is 35.0 Å². The van der Waals surface area contributed by atoms with Gasteiger partial charge >= 0.3 is 5.97 Å². The predicted octanol–water partition coefficient (Wildman–Crippen LogP) is 4.09. The lowest BCUT2D eigenvalue weighted by atomic mass is 10.0. The molecule has 2 aromatic heterocycles. The van der Waals surface area contributed by atoms with Gasteiger partial charge in [-0.15, -0.1) is 0 Å². The van der Waals surface area contributed by atoms with E-state index in [1.807, 2.05) is 29.0 Å². The summed E-state index contributed by atoms with van der Waals surface area (Å²) >= 11 is 4.94. The average molecular weight is 407 g/mol. The zero-order chi connectivity index (χ0) is 16.8. The van der Waals surface area contributed by atoms with Crippen LogP contribution in [0.3, 0.4) is 0 Å². The van der Waals surface area contributed by atoms with Crippen molar-refractivity contribution >= 4 is 33.2 Å². The zero-order valence-corrected chi connectivity index (χ0v) is 14.8. The van der Waals surface area contributed by atoms with E-state index < -0.39 is 11.0 Å². The maximum atomic E-state index is 11.6. The Morgan fingerprint density at radius 3 is 2.96 bits per heavy atom. The summed E-state index contributed by atoms with van der Waals surface area (Å²) in [5, 5.41) is 17.1. The molecule has 0 bridgehead atoms. The highest BCUT2D eigenvalue weighted by molar-refractivity contribution is 9.09. The minimum absolute atomic E-state index is 0.0282. The quantitative estimate of drug-likeness (QED) is 0.662. The van der Waals surface area contributed by atoms with Crippen LogP contribution in [0, 0.1) is 0 Å². The number of methoxy groups -OCH3 is 1. The van der Waals surface area contributed by atoms with Gasteiger partial charge in [-0.2, -0.15) is 16.4 Å². The molecule has 1 aromatic carbocycles. The molecular formula is C16H11BrN2O4S. The molecular weight excluding hydrogens is 396 g/mol. The topological polar surface area (TPSA) is 73.6 Å². The molecule has 3 aromatic rings. The number of ether oxygens (including phenoxy) is 2. The third-order valence-corrected chi connectivity index (χ3v) is 5.09. The number of carboxylic acid groups (broad SMARTS) is 1. The van der Waals surface area contributed by atoms with E-state index in [0.717, 1.165) is 11.3 Å². The lowest BCUT2D eigenvalue weighted by Gasteiger charge is -2.24. The molecule has 122 valence electrons. The van der Waals surface area contributed by atoms with Crippen LogP contribution in [0.5, 0.6) is 11.5 Å². The van der Waals surface area contributed by atoms with Crippen molar-refractivity contribution in [3.05, 3.63) is 46.3 Å². The van der Waals surface area contributed by atoms with Crippen LogP contribution < -0.4 is 9.47 Å². The maximum Gasteiger partial charge on any atom is 0.356 e. The van der Waals surface area contributed by atoms with Crippen molar-refractivity contribution in [3.8, 4) is 28.4 Å². The van der Waals surface area contributed by atoms with E-state index in [1.165, 1.54) is 11.3 Å². The smallest absolute Gasteiger partial charge is 0.356 e. The second-order valence-corrected chi connectivity index (χ2v) is 6.72. The fraction of sp³-hybridized carbons (Fsp3) is 0.125. The molecule has 1 aliphatic rings. The van der Waals surface area contributed by atoms with Crippen molar-refractivity contribution in [2.24, 2.45) is 0 Å². The van der Waals surface area contributed by atoms with Gasteiger partial charge < -0.3 is 14.6 Å². The van der Waals surface area contributed by atoms with E-state index in [4.69, 9.17) is 9.47 Å². The number of alkyl halides is 1. The zero-order valence-electron chi connectivity index (χ0n) is 12.4. The van der Waals surface area contributed by atoms with E-state index in [1.54, 1.807) is 17.9 Å². The Morgan fingerprint density at radius 1 is 1.46 bits per heavy atom. The molecule has 1 atom stereocenters. The number of aromatic carboxylic acids is 1. The molecule has 24 heavy (non-hydrogen) atoms. The number of hydrogen-bond donors (Lipinski definition) is 1. The molecule has 1 unspecified atom stereocenters. The number of hydrogen-bond acceptors (Lipinski definition) is 5. The molecule has 1 aliphatic heterocycles. The van der Waals surface area contributed by atoms with Crippen LogP contribution in [0.4, 0.5) is 0 Å². The van der Waals surface area contributed by atoms with Crippen molar-refractivity contribution in [3.63, 3.8) is 0 Å². The summed E-state index contributed by atoms with van der Waals surface area (Å²) in [5.74, 6) is 0.180. The van der Waals surface area contributed by atoms with Crippen molar-refractivity contribution in [1.82, 2.24) is 9.78 Å². The molecule has 0 aliphatic carbocycles.